The first-order valence-electron chi connectivity index (χ1n) is 7.28. The fourth-order valence-corrected chi connectivity index (χ4v) is 2.96. The number of benzene rings is 1. The van der Waals surface area contributed by atoms with Crippen LogP contribution in [0.15, 0.2) is 24.3 Å². The average Bonchev–Trinajstić information content (AvgIpc) is 2.85. The topological polar surface area (TPSA) is 45.6 Å². The van der Waals surface area contributed by atoms with Gasteiger partial charge in [0.05, 0.1) is 5.52 Å². The van der Waals surface area contributed by atoms with Gasteiger partial charge in [-0.05, 0) is 12.1 Å². The van der Waals surface area contributed by atoms with E-state index < -0.39 is 0 Å². The molecule has 0 radical (unpaired) electrons. The van der Waals surface area contributed by atoms with Crippen LogP contribution in [0.3, 0.4) is 0 Å². The van der Waals surface area contributed by atoms with Crippen LogP contribution in [0.5, 0.6) is 0 Å². The molecule has 1 fully saturated rings. The van der Waals surface area contributed by atoms with Crippen molar-refractivity contribution in [3.05, 3.63) is 35.8 Å². The van der Waals surface area contributed by atoms with Crippen LogP contribution in [-0.2, 0) is 11.8 Å². The summed E-state index contributed by atoms with van der Waals surface area (Å²) in [5.74, 6) is -0.430. The standard InChI is InChI=1S/C16H18FN3O2/c1-11(21)19-6-8-20(9-7-19)16(22)14-10-12-4-3-5-13(17)15(12)18(14)2/h3-5,10H,6-9H2,1-2H3. The van der Waals surface area contributed by atoms with Crippen molar-refractivity contribution in [3.8, 4) is 0 Å². The van der Waals surface area contributed by atoms with Crippen LogP contribution in [0.1, 0.15) is 17.4 Å². The van der Waals surface area contributed by atoms with E-state index in [2.05, 4.69) is 0 Å². The zero-order chi connectivity index (χ0) is 15.9. The third kappa shape index (κ3) is 2.34. The molecule has 2 aromatic rings. The van der Waals surface area contributed by atoms with Gasteiger partial charge in [-0.15, -0.1) is 0 Å². The van der Waals surface area contributed by atoms with Crippen molar-refractivity contribution in [2.75, 3.05) is 26.2 Å². The highest BCUT2D eigenvalue weighted by atomic mass is 19.1. The van der Waals surface area contributed by atoms with E-state index in [0.717, 1.165) is 0 Å². The third-order valence-corrected chi connectivity index (χ3v) is 4.24. The van der Waals surface area contributed by atoms with Crippen molar-refractivity contribution in [1.29, 1.82) is 0 Å². The van der Waals surface area contributed by atoms with Gasteiger partial charge < -0.3 is 14.4 Å². The van der Waals surface area contributed by atoms with Crippen molar-refractivity contribution in [1.82, 2.24) is 14.4 Å². The zero-order valence-corrected chi connectivity index (χ0v) is 12.7. The number of para-hydroxylation sites is 1. The van der Waals surface area contributed by atoms with Crippen LogP contribution < -0.4 is 0 Å². The second kappa shape index (κ2) is 5.44. The summed E-state index contributed by atoms with van der Waals surface area (Å²) in [7, 11) is 1.70. The lowest BCUT2D eigenvalue weighted by Crippen LogP contribution is -2.50. The normalized spacial score (nSPS) is 15.4. The molecule has 1 aromatic heterocycles. The molecule has 3 rings (SSSR count). The molecule has 0 atom stereocenters. The summed E-state index contributed by atoms with van der Waals surface area (Å²) in [6.07, 6.45) is 0. The molecular formula is C16H18FN3O2. The van der Waals surface area contributed by atoms with Crippen LogP contribution in [0, 0.1) is 5.82 Å². The Balaban J connectivity index is 1.86. The van der Waals surface area contributed by atoms with E-state index in [1.54, 1.807) is 39.6 Å². The quantitative estimate of drug-likeness (QED) is 0.803. The molecule has 0 unspecified atom stereocenters. The van der Waals surface area contributed by atoms with Gasteiger partial charge in [0.1, 0.15) is 11.5 Å². The maximum Gasteiger partial charge on any atom is 0.270 e. The number of carbonyl (C=O) groups is 2. The molecule has 1 aliphatic heterocycles. The van der Waals surface area contributed by atoms with Gasteiger partial charge in [0.15, 0.2) is 0 Å². The Hall–Kier alpha value is -2.37. The van der Waals surface area contributed by atoms with Gasteiger partial charge in [0.2, 0.25) is 5.91 Å². The minimum atomic E-state index is -0.333. The second-order valence-corrected chi connectivity index (χ2v) is 5.56. The number of carbonyl (C=O) groups excluding carboxylic acids is 2. The first kappa shape index (κ1) is 14.6. The van der Waals surface area contributed by atoms with Crippen LogP contribution in [0.25, 0.3) is 10.9 Å². The molecule has 2 amide bonds. The molecule has 0 N–H and O–H groups in total. The van der Waals surface area contributed by atoms with E-state index in [-0.39, 0.29) is 17.6 Å². The van der Waals surface area contributed by atoms with Crippen molar-refractivity contribution >= 4 is 22.7 Å². The first-order chi connectivity index (χ1) is 10.5. The van der Waals surface area contributed by atoms with Gasteiger partial charge in [-0.2, -0.15) is 0 Å². The van der Waals surface area contributed by atoms with Gasteiger partial charge in [0.25, 0.3) is 5.91 Å². The molecule has 6 heteroatoms. The Labute approximate surface area is 127 Å². The number of piperazine rings is 1. The number of aryl methyl sites for hydroxylation is 1. The van der Waals surface area contributed by atoms with Gasteiger partial charge in [-0.1, -0.05) is 12.1 Å². The molecule has 0 spiro atoms. The zero-order valence-electron chi connectivity index (χ0n) is 12.7. The molecule has 2 heterocycles. The Morgan fingerprint density at radius 2 is 1.73 bits per heavy atom. The first-order valence-corrected chi connectivity index (χ1v) is 7.28. The molecule has 116 valence electrons. The number of halogens is 1. The van der Waals surface area contributed by atoms with E-state index in [1.807, 2.05) is 0 Å². The minimum absolute atomic E-state index is 0.0266. The largest absolute Gasteiger partial charge is 0.339 e. The number of amides is 2. The van der Waals surface area contributed by atoms with Crippen LogP contribution >= 0.6 is 0 Å². The van der Waals surface area contributed by atoms with Crippen molar-refractivity contribution in [3.63, 3.8) is 0 Å². The predicted octanol–water partition coefficient (Wildman–Crippen LogP) is 1.62. The molecular weight excluding hydrogens is 285 g/mol. The highest BCUT2D eigenvalue weighted by Gasteiger charge is 2.25. The number of hydrogen-bond donors (Lipinski definition) is 0. The summed E-state index contributed by atoms with van der Waals surface area (Å²) in [5.41, 5.74) is 0.907. The van der Waals surface area contributed by atoms with Gasteiger partial charge >= 0.3 is 0 Å². The molecule has 0 bridgehead atoms. The van der Waals surface area contributed by atoms with E-state index in [0.29, 0.717) is 42.8 Å². The molecule has 1 aliphatic rings. The van der Waals surface area contributed by atoms with Crippen molar-refractivity contribution < 1.29 is 14.0 Å². The smallest absolute Gasteiger partial charge is 0.270 e. The predicted molar refractivity (Wildman–Crippen MR) is 81.0 cm³/mol. The van der Waals surface area contributed by atoms with Crippen LogP contribution in [0.2, 0.25) is 0 Å². The van der Waals surface area contributed by atoms with Crippen LogP contribution in [-0.4, -0.2) is 52.4 Å². The maximum absolute atomic E-state index is 13.9. The number of aromatic nitrogens is 1. The summed E-state index contributed by atoms with van der Waals surface area (Å²) in [5, 5.41) is 0.716. The maximum atomic E-state index is 13.9. The van der Waals surface area contributed by atoms with E-state index >= 15 is 0 Å². The number of nitrogens with zero attached hydrogens (tertiary/aromatic N) is 3. The van der Waals surface area contributed by atoms with E-state index in [1.165, 1.54) is 13.0 Å². The molecule has 1 aromatic carbocycles. The monoisotopic (exact) mass is 303 g/mol. The highest BCUT2D eigenvalue weighted by Crippen LogP contribution is 2.22. The summed E-state index contributed by atoms with van der Waals surface area (Å²) < 4.78 is 15.5. The van der Waals surface area contributed by atoms with Crippen molar-refractivity contribution in [2.24, 2.45) is 7.05 Å². The average molecular weight is 303 g/mol. The Bertz CT molecular complexity index is 745. The fourth-order valence-electron chi connectivity index (χ4n) is 2.96. The minimum Gasteiger partial charge on any atom is -0.339 e. The van der Waals surface area contributed by atoms with Gasteiger partial charge in [-0.3, -0.25) is 9.59 Å². The summed E-state index contributed by atoms with van der Waals surface area (Å²) in [6, 6.07) is 6.54. The van der Waals surface area contributed by atoms with E-state index in [9.17, 15) is 14.0 Å². The summed E-state index contributed by atoms with van der Waals surface area (Å²) >= 11 is 0. The number of fused-ring (bicyclic) bond motifs is 1. The Kier molecular flexibility index (Phi) is 3.60. The highest BCUT2D eigenvalue weighted by molar-refractivity contribution is 5.99. The number of rotatable bonds is 1. The third-order valence-electron chi connectivity index (χ3n) is 4.24. The lowest BCUT2D eigenvalue weighted by atomic mass is 10.2. The molecule has 5 nitrogen and oxygen atoms in total. The molecule has 0 aliphatic carbocycles. The lowest BCUT2D eigenvalue weighted by molar-refractivity contribution is -0.130. The fraction of sp³-hybridized carbons (Fsp3) is 0.375. The van der Waals surface area contributed by atoms with Crippen molar-refractivity contribution in [2.45, 2.75) is 6.92 Å². The Morgan fingerprint density at radius 1 is 1.09 bits per heavy atom. The van der Waals surface area contributed by atoms with E-state index in [4.69, 9.17) is 0 Å². The van der Waals surface area contributed by atoms with Gasteiger partial charge in [0, 0.05) is 45.5 Å². The molecule has 1 saturated heterocycles. The van der Waals surface area contributed by atoms with Gasteiger partial charge in [-0.25, -0.2) is 4.39 Å². The SMILES string of the molecule is CC(=O)N1CCN(C(=O)c2cc3cccc(F)c3n2C)CC1. The molecule has 0 saturated carbocycles. The summed E-state index contributed by atoms with van der Waals surface area (Å²) in [4.78, 5) is 27.4. The summed E-state index contributed by atoms with van der Waals surface area (Å²) in [6.45, 7) is 3.62. The molecule has 22 heavy (non-hydrogen) atoms. The number of hydrogen-bond acceptors (Lipinski definition) is 2. The van der Waals surface area contributed by atoms with Crippen LogP contribution in [0.4, 0.5) is 4.39 Å². The second-order valence-electron chi connectivity index (χ2n) is 5.56. The lowest BCUT2D eigenvalue weighted by Gasteiger charge is -2.34. The Morgan fingerprint density at radius 3 is 2.32 bits per heavy atom.